The minimum absolute atomic E-state index is 0.916. The summed E-state index contributed by atoms with van der Waals surface area (Å²) in [6.45, 7) is -0.916. The zero-order valence-electron chi connectivity index (χ0n) is 10.5. The first-order valence-electron chi connectivity index (χ1n) is 5.76. The van der Waals surface area contributed by atoms with Crippen LogP contribution in [-0.2, 0) is 14.3 Å². The van der Waals surface area contributed by atoms with Gasteiger partial charge in [-0.2, -0.15) is 0 Å². The highest BCUT2D eigenvalue weighted by atomic mass is 16.6. The first kappa shape index (κ1) is 17.7. The van der Waals surface area contributed by atoms with Gasteiger partial charge in [0.05, 0.1) is 6.61 Å². The van der Waals surface area contributed by atoms with Crippen LogP contribution in [0.15, 0.2) is 0 Å². The summed E-state index contributed by atoms with van der Waals surface area (Å²) in [5.74, 6) is -4.35. The van der Waals surface area contributed by atoms with E-state index in [1.54, 1.807) is 0 Å². The molecule has 0 aromatic heterocycles. The molecule has 21 heavy (non-hydrogen) atoms. The van der Waals surface area contributed by atoms with Crippen LogP contribution >= 0.6 is 0 Å². The maximum absolute atomic E-state index is 11.1. The predicted molar refractivity (Wildman–Crippen MR) is 60.0 cm³/mol. The monoisotopic (exact) mass is 312 g/mol. The van der Waals surface area contributed by atoms with Crippen LogP contribution in [0.3, 0.4) is 0 Å². The second-order valence-electron chi connectivity index (χ2n) is 4.62. The predicted octanol–water partition coefficient (Wildman–Crippen LogP) is -4.91. The molecule has 1 fully saturated rings. The van der Waals surface area contributed by atoms with Gasteiger partial charge in [-0.05, 0) is 0 Å². The van der Waals surface area contributed by atoms with Crippen molar-refractivity contribution in [3.63, 3.8) is 0 Å². The lowest BCUT2D eigenvalue weighted by Crippen LogP contribution is -2.71. The lowest BCUT2D eigenvalue weighted by molar-refractivity contribution is -0.282. The van der Waals surface area contributed by atoms with Crippen LogP contribution in [0.25, 0.3) is 0 Å². The molecule has 8 N–H and O–H groups in total. The van der Waals surface area contributed by atoms with Crippen LogP contribution < -0.4 is 0 Å². The number of hydrogen-bond donors (Lipinski definition) is 8. The summed E-state index contributed by atoms with van der Waals surface area (Å²) in [6, 6.07) is 0. The van der Waals surface area contributed by atoms with Crippen molar-refractivity contribution >= 4 is 11.9 Å². The van der Waals surface area contributed by atoms with E-state index >= 15 is 0 Å². The molecule has 0 saturated carbocycles. The second kappa shape index (κ2) is 6.19. The normalized spacial score (nSPS) is 37.5. The Morgan fingerprint density at radius 2 is 1.62 bits per heavy atom. The first-order valence-corrected chi connectivity index (χ1v) is 5.76. The van der Waals surface area contributed by atoms with Crippen molar-refractivity contribution in [3.05, 3.63) is 0 Å². The summed E-state index contributed by atoms with van der Waals surface area (Å²) in [5.41, 5.74) is -3.51. The van der Waals surface area contributed by atoms with Crippen molar-refractivity contribution in [1.82, 2.24) is 0 Å². The molecule has 1 saturated heterocycles. The molecule has 1 heterocycles. The Kier molecular flexibility index (Phi) is 5.22. The summed E-state index contributed by atoms with van der Waals surface area (Å²) < 4.78 is 4.76. The molecule has 0 aromatic carbocycles. The minimum atomic E-state index is -3.51. The Morgan fingerprint density at radius 3 is 2.00 bits per heavy atom. The SMILES string of the molecule is O=C(O)C(O)C(O)(C(=O)O)C1O[C@H](CO)[C@@H](O)[C@H](O)[C@@H]1O. The van der Waals surface area contributed by atoms with Crippen molar-refractivity contribution in [1.29, 1.82) is 0 Å². The van der Waals surface area contributed by atoms with E-state index in [-0.39, 0.29) is 0 Å². The fourth-order valence-corrected chi connectivity index (χ4v) is 2.05. The Labute approximate surface area is 117 Å². The molecule has 0 amide bonds. The summed E-state index contributed by atoms with van der Waals surface area (Å²) >= 11 is 0. The van der Waals surface area contributed by atoms with Gasteiger partial charge in [-0.15, -0.1) is 0 Å². The molecule has 11 heteroatoms. The van der Waals surface area contributed by atoms with Crippen molar-refractivity contribution in [3.8, 4) is 0 Å². The number of ether oxygens (including phenoxy) is 1. The molecule has 0 bridgehead atoms. The fraction of sp³-hybridized carbons (Fsp3) is 0.800. The number of carboxylic acid groups (broad SMARTS) is 2. The van der Waals surface area contributed by atoms with Crippen LogP contribution in [0, 0.1) is 0 Å². The summed E-state index contributed by atoms with van der Waals surface area (Å²) in [4.78, 5) is 21.8. The summed E-state index contributed by atoms with van der Waals surface area (Å²) in [5, 5.41) is 74.6. The molecule has 3 unspecified atom stereocenters. The van der Waals surface area contributed by atoms with Crippen LogP contribution in [0.5, 0.6) is 0 Å². The Morgan fingerprint density at radius 1 is 1.10 bits per heavy atom. The van der Waals surface area contributed by atoms with Crippen LogP contribution in [0.2, 0.25) is 0 Å². The van der Waals surface area contributed by atoms with Crippen molar-refractivity contribution in [2.45, 2.75) is 42.2 Å². The molecule has 11 nitrogen and oxygen atoms in total. The van der Waals surface area contributed by atoms with Crippen molar-refractivity contribution in [2.75, 3.05) is 6.61 Å². The molecule has 0 spiro atoms. The van der Waals surface area contributed by atoms with E-state index in [9.17, 15) is 35.1 Å². The number of aliphatic hydroxyl groups excluding tert-OH is 5. The molecule has 1 aliphatic rings. The van der Waals surface area contributed by atoms with Gasteiger partial charge in [-0.3, -0.25) is 0 Å². The molecule has 1 aliphatic heterocycles. The van der Waals surface area contributed by atoms with Gasteiger partial charge in [-0.1, -0.05) is 0 Å². The smallest absolute Gasteiger partial charge is 0.342 e. The third-order valence-electron chi connectivity index (χ3n) is 3.32. The van der Waals surface area contributed by atoms with E-state index in [0.29, 0.717) is 0 Å². The van der Waals surface area contributed by atoms with Crippen molar-refractivity contribution < 1.29 is 55.2 Å². The largest absolute Gasteiger partial charge is 0.479 e. The topological polar surface area (TPSA) is 205 Å². The Bertz CT molecular complexity index is 410. The molecular weight excluding hydrogens is 296 g/mol. The zero-order chi connectivity index (χ0) is 16.5. The highest BCUT2D eigenvalue weighted by molar-refractivity contribution is 5.88. The van der Waals surface area contributed by atoms with Gasteiger partial charge < -0.3 is 45.6 Å². The standard InChI is InChI=1S/C10H16O11/c11-1-2-3(12)4(13)5(14)7(21-2)10(20,9(18)19)6(15)8(16)17/h2-7,11-15,20H,1H2,(H,16,17)(H,18,19)/t2-,3-,4+,5+,6?,7?,10?/m1/s1. The first-order chi connectivity index (χ1) is 9.58. The molecular formula is C10H16O11. The number of carbonyl (C=O) groups is 2. The van der Waals surface area contributed by atoms with Crippen LogP contribution in [0.4, 0.5) is 0 Å². The maximum atomic E-state index is 11.1. The number of rotatable bonds is 5. The Balaban J connectivity index is 3.24. The highest BCUT2D eigenvalue weighted by Gasteiger charge is 2.61. The van der Waals surface area contributed by atoms with E-state index in [1.165, 1.54) is 0 Å². The van der Waals surface area contributed by atoms with Gasteiger partial charge in [0.25, 0.3) is 0 Å². The Hall–Kier alpha value is -1.34. The molecule has 7 atom stereocenters. The van der Waals surface area contributed by atoms with E-state index in [2.05, 4.69) is 0 Å². The third kappa shape index (κ3) is 2.85. The van der Waals surface area contributed by atoms with E-state index < -0.39 is 60.8 Å². The van der Waals surface area contributed by atoms with Gasteiger partial charge in [0, 0.05) is 0 Å². The number of carboxylic acids is 2. The van der Waals surface area contributed by atoms with Gasteiger partial charge in [-0.25, -0.2) is 9.59 Å². The average molecular weight is 312 g/mol. The zero-order valence-corrected chi connectivity index (χ0v) is 10.5. The van der Waals surface area contributed by atoms with Crippen LogP contribution in [-0.4, -0.2) is 102 Å². The maximum Gasteiger partial charge on any atom is 0.342 e. The molecule has 0 radical (unpaired) electrons. The number of hydrogen-bond acceptors (Lipinski definition) is 9. The van der Waals surface area contributed by atoms with E-state index in [0.717, 1.165) is 0 Å². The van der Waals surface area contributed by atoms with Gasteiger partial charge >= 0.3 is 11.9 Å². The second-order valence-corrected chi connectivity index (χ2v) is 4.62. The van der Waals surface area contributed by atoms with Crippen LogP contribution in [0.1, 0.15) is 0 Å². The van der Waals surface area contributed by atoms with E-state index in [4.69, 9.17) is 20.1 Å². The summed E-state index contributed by atoms with van der Waals surface area (Å²) in [7, 11) is 0. The third-order valence-corrected chi connectivity index (χ3v) is 3.32. The quantitative estimate of drug-likeness (QED) is 0.241. The lowest BCUT2D eigenvalue weighted by Gasteiger charge is -2.45. The fourth-order valence-electron chi connectivity index (χ4n) is 2.05. The highest BCUT2D eigenvalue weighted by Crippen LogP contribution is 2.31. The van der Waals surface area contributed by atoms with Gasteiger partial charge in [0.15, 0.2) is 6.10 Å². The average Bonchev–Trinajstić information content (AvgIpc) is 2.43. The van der Waals surface area contributed by atoms with Gasteiger partial charge in [0.2, 0.25) is 5.60 Å². The number of aliphatic carboxylic acids is 2. The van der Waals surface area contributed by atoms with Gasteiger partial charge in [0.1, 0.15) is 30.5 Å². The molecule has 0 aromatic rings. The minimum Gasteiger partial charge on any atom is -0.479 e. The molecule has 0 aliphatic carbocycles. The number of aliphatic hydroxyl groups is 6. The molecule has 122 valence electrons. The van der Waals surface area contributed by atoms with E-state index in [1.807, 2.05) is 0 Å². The summed E-state index contributed by atoms with van der Waals surface area (Å²) in [6.07, 6.45) is -12.9. The lowest BCUT2D eigenvalue weighted by atomic mass is 9.81. The molecule has 1 rings (SSSR count). The van der Waals surface area contributed by atoms with Crippen molar-refractivity contribution in [2.24, 2.45) is 0 Å².